The Balaban J connectivity index is 2.19. The molecule has 3 N–H and O–H groups in total. The molecule has 1 aromatic rings. The van der Waals surface area contributed by atoms with Crippen LogP contribution in [0.25, 0.3) is 0 Å². The average molecular weight is 254 g/mol. The summed E-state index contributed by atoms with van der Waals surface area (Å²) in [7, 11) is -3.37. The Kier molecular flexibility index (Phi) is 3.51. The normalized spacial score (nSPS) is 16.1. The van der Waals surface area contributed by atoms with Gasteiger partial charge in [-0.05, 0) is 48.9 Å². The van der Waals surface area contributed by atoms with Crippen LogP contribution in [0.15, 0.2) is 23.1 Å². The lowest BCUT2D eigenvalue weighted by atomic mass is 10.1. The molecule has 0 heterocycles. The number of hydrogen-bond acceptors (Lipinski definition) is 3. The van der Waals surface area contributed by atoms with E-state index in [4.69, 9.17) is 5.73 Å². The van der Waals surface area contributed by atoms with E-state index < -0.39 is 10.0 Å². The van der Waals surface area contributed by atoms with Crippen molar-refractivity contribution in [3.05, 3.63) is 29.3 Å². The number of sulfonamides is 1. The molecule has 0 unspecified atom stereocenters. The van der Waals surface area contributed by atoms with E-state index in [1.807, 2.05) is 6.92 Å². The van der Waals surface area contributed by atoms with Crippen molar-refractivity contribution >= 4 is 10.0 Å². The molecule has 0 saturated heterocycles. The summed E-state index contributed by atoms with van der Waals surface area (Å²) < 4.78 is 26.6. The van der Waals surface area contributed by atoms with Crippen LogP contribution in [0, 0.1) is 12.8 Å². The molecule has 1 aliphatic carbocycles. The summed E-state index contributed by atoms with van der Waals surface area (Å²) in [6.07, 6.45) is 2.26. The smallest absolute Gasteiger partial charge is 0.240 e. The molecule has 4 nitrogen and oxygen atoms in total. The predicted molar refractivity (Wildman–Crippen MR) is 67.0 cm³/mol. The van der Waals surface area contributed by atoms with Crippen molar-refractivity contribution < 1.29 is 8.42 Å². The SMILES string of the molecule is Cc1ccc(S(=O)(=O)NCC2CC2)cc1CN. The maximum Gasteiger partial charge on any atom is 0.240 e. The lowest BCUT2D eigenvalue weighted by Crippen LogP contribution is -2.26. The van der Waals surface area contributed by atoms with Gasteiger partial charge < -0.3 is 5.73 Å². The summed E-state index contributed by atoms with van der Waals surface area (Å²) in [4.78, 5) is 0.309. The van der Waals surface area contributed by atoms with Crippen LogP contribution in [-0.4, -0.2) is 15.0 Å². The molecule has 0 spiro atoms. The van der Waals surface area contributed by atoms with Crippen molar-refractivity contribution in [1.82, 2.24) is 4.72 Å². The molecule has 0 amide bonds. The lowest BCUT2D eigenvalue weighted by molar-refractivity contribution is 0.577. The molecule has 1 fully saturated rings. The Morgan fingerprint density at radius 1 is 1.41 bits per heavy atom. The number of nitrogens with two attached hydrogens (primary N) is 1. The maximum absolute atomic E-state index is 12.0. The second-order valence-electron chi connectivity index (χ2n) is 4.59. The summed E-state index contributed by atoms with van der Waals surface area (Å²) in [5.41, 5.74) is 7.48. The summed E-state index contributed by atoms with van der Waals surface area (Å²) in [6.45, 7) is 2.84. The number of nitrogens with one attached hydrogen (secondary N) is 1. The van der Waals surface area contributed by atoms with E-state index >= 15 is 0 Å². The van der Waals surface area contributed by atoms with Gasteiger partial charge in [0, 0.05) is 13.1 Å². The molecule has 2 rings (SSSR count). The van der Waals surface area contributed by atoms with Gasteiger partial charge in [-0.3, -0.25) is 0 Å². The van der Waals surface area contributed by atoms with Gasteiger partial charge in [-0.1, -0.05) is 6.07 Å². The first-order chi connectivity index (χ1) is 8.03. The lowest BCUT2D eigenvalue weighted by Gasteiger charge is -2.09. The van der Waals surface area contributed by atoms with Crippen molar-refractivity contribution in [2.75, 3.05) is 6.54 Å². The van der Waals surface area contributed by atoms with Crippen molar-refractivity contribution in [2.24, 2.45) is 11.7 Å². The monoisotopic (exact) mass is 254 g/mol. The fourth-order valence-corrected chi connectivity index (χ4v) is 2.83. The van der Waals surface area contributed by atoms with Crippen LogP contribution >= 0.6 is 0 Å². The highest BCUT2D eigenvalue weighted by Crippen LogP contribution is 2.28. The number of benzene rings is 1. The van der Waals surface area contributed by atoms with Crippen LogP contribution in [0.3, 0.4) is 0 Å². The second-order valence-corrected chi connectivity index (χ2v) is 6.35. The van der Waals surface area contributed by atoms with Gasteiger partial charge in [0.05, 0.1) is 4.90 Å². The van der Waals surface area contributed by atoms with Gasteiger partial charge in [0.1, 0.15) is 0 Å². The van der Waals surface area contributed by atoms with Crippen LogP contribution in [0.1, 0.15) is 24.0 Å². The Morgan fingerprint density at radius 3 is 2.71 bits per heavy atom. The van der Waals surface area contributed by atoms with E-state index in [9.17, 15) is 8.42 Å². The van der Waals surface area contributed by atoms with Crippen LogP contribution in [-0.2, 0) is 16.6 Å². The van der Waals surface area contributed by atoms with E-state index in [0.29, 0.717) is 23.9 Å². The number of rotatable bonds is 5. The van der Waals surface area contributed by atoms with Crippen molar-refractivity contribution in [3.63, 3.8) is 0 Å². The highest BCUT2D eigenvalue weighted by molar-refractivity contribution is 7.89. The molecular weight excluding hydrogens is 236 g/mol. The average Bonchev–Trinajstić information content (AvgIpc) is 3.10. The molecule has 0 aliphatic heterocycles. The van der Waals surface area contributed by atoms with Gasteiger partial charge in [-0.15, -0.1) is 0 Å². The van der Waals surface area contributed by atoms with Crippen molar-refractivity contribution in [1.29, 1.82) is 0 Å². The summed E-state index contributed by atoms with van der Waals surface area (Å²) in [5, 5.41) is 0. The largest absolute Gasteiger partial charge is 0.326 e. The zero-order valence-corrected chi connectivity index (χ0v) is 10.8. The zero-order valence-electron chi connectivity index (χ0n) is 9.94. The highest BCUT2D eigenvalue weighted by Gasteiger charge is 2.24. The van der Waals surface area contributed by atoms with Gasteiger partial charge in [-0.25, -0.2) is 13.1 Å². The minimum absolute atomic E-state index is 0.309. The third kappa shape index (κ3) is 3.06. The predicted octanol–water partition coefficient (Wildman–Crippen LogP) is 1.14. The minimum atomic E-state index is -3.37. The zero-order chi connectivity index (χ0) is 12.5. The summed E-state index contributed by atoms with van der Waals surface area (Å²) in [5.74, 6) is 0.532. The van der Waals surface area contributed by atoms with E-state index in [1.54, 1.807) is 18.2 Å². The summed E-state index contributed by atoms with van der Waals surface area (Å²) in [6, 6.07) is 5.09. The van der Waals surface area contributed by atoms with Gasteiger partial charge in [0.25, 0.3) is 0 Å². The molecule has 17 heavy (non-hydrogen) atoms. The molecule has 5 heteroatoms. The van der Waals surface area contributed by atoms with Gasteiger partial charge in [0.2, 0.25) is 10.0 Å². The Labute approximate surface area is 102 Å². The molecule has 0 aromatic heterocycles. The summed E-state index contributed by atoms with van der Waals surface area (Å²) >= 11 is 0. The molecule has 0 atom stereocenters. The van der Waals surface area contributed by atoms with Crippen LogP contribution in [0.4, 0.5) is 0 Å². The van der Waals surface area contributed by atoms with E-state index in [1.165, 1.54) is 0 Å². The van der Waals surface area contributed by atoms with Gasteiger partial charge >= 0.3 is 0 Å². The van der Waals surface area contributed by atoms with Crippen LogP contribution in [0.5, 0.6) is 0 Å². The molecule has 0 radical (unpaired) electrons. The standard InChI is InChI=1S/C12H18N2O2S/c1-9-2-5-12(6-11(9)7-13)17(15,16)14-8-10-3-4-10/h2,5-6,10,14H,3-4,7-8,13H2,1H3. The molecule has 94 valence electrons. The maximum atomic E-state index is 12.0. The molecule has 1 saturated carbocycles. The molecule has 1 aliphatic rings. The molecular formula is C12H18N2O2S. The Morgan fingerprint density at radius 2 is 2.12 bits per heavy atom. The van der Waals surface area contributed by atoms with Gasteiger partial charge in [-0.2, -0.15) is 0 Å². The second kappa shape index (κ2) is 4.76. The molecule has 1 aromatic carbocycles. The van der Waals surface area contributed by atoms with Crippen molar-refractivity contribution in [3.8, 4) is 0 Å². The number of hydrogen-bond donors (Lipinski definition) is 2. The van der Waals surface area contributed by atoms with Crippen LogP contribution < -0.4 is 10.5 Å². The third-order valence-electron chi connectivity index (χ3n) is 3.11. The molecule has 0 bridgehead atoms. The first-order valence-electron chi connectivity index (χ1n) is 5.82. The first-order valence-corrected chi connectivity index (χ1v) is 7.30. The highest BCUT2D eigenvalue weighted by atomic mass is 32.2. The topological polar surface area (TPSA) is 72.2 Å². The Hall–Kier alpha value is -0.910. The Bertz CT molecular complexity index is 507. The quantitative estimate of drug-likeness (QED) is 0.827. The van der Waals surface area contributed by atoms with E-state index in [-0.39, 0.29) is 0 Å². The number of aryl methyl sites for hydroxylation is 1. The van der Waals surface area contributed by atoms with Gasteiger partial charge in [0.15, 0.2) is 0 Å². The fourth-order valence-electron chi connectivity index (χ4n) is 1.67. The van der Waals surface area contributed by atoms with E-state index in [2.05, 4.69) is 4.72 Å². The van der Waals surface area contributed by atoms with Crippen molar-refractivity contribution in [2.45, 2.75) is 31.2 Å². The fraction of sp³-hybridized carbons (Fsp3) is 0.500. The van der Waals surface area contributed by atoms with E-state index in [0.717, 1.165) is 24.0 Å². The first kappa shape index (κ1) is 12.5. The van der Waals surface area contributed by atoms with Crippen LogP contribution in [0.2, 0.25) is 0 Å². The third-order valence-corrected chi connectivity index (χ3v) is 4.53. The minimum Gasteiger partial charge on any atom is -0.326 e.